The normalized spacial score (nSPS) is 10.5. The summed E-state index contributed by atoms with van der Waals surface area (Å²) in [7, 11) is 0. The van der Waals surface area contributed by atoms with Gasteiger partial charge in [0.2, 0.25) is 0 Å². The van der Waals surface area contributed by atoms with Gasteiger partial charge in [0.1, 0.15) is 17.1 Å². The molecule has 0 bridgehead atoms. The van der Waals surface area contributed by atoms with Crippen LogP contribution in [0.5, 0.6) is 11.5 Å². The van der Waals surface area contributed by atoms with Crippen molar-refractivity contribution in [2.45, 2.75) is 56.9 Å². The van der Waals surface area contributed by atoms with E-state index in [1.165, 1.54) is 18.7 Å². The van der Waals surface area contributed by atoms with Gasteiger partial charge < -0.3 is 19.3 Å². The Morgan fingerprint density at radius 3 is 1.97 bits per heavy atom. The molecule has 0 fully saturated rings. The molecule has 180 valence electrons. The van der Waals surface area contributed by atoms with Crippen molar-refractivity contribution < 1.29 is 33.7 Å². The summed E-state index contributed by atoms with van der Waals surface area (Å²) in [5.74, 6) is -0.183. The van der Waals surface area contributed by atoms with Crippen LogP contribution in [0.25, 0.3) is 0 Å². The Morgan fingerprint density at radius 1 is 0.939 bits per heavy atom. The number of carboxylic acid groups (broad SMARTS) is 1. The van der Waals surface area contributed by atoms with Crippen LogP contribution in [-0.2, 0) is 19.1 Å². The van der Waals surface area contributed by atoms with Crippen LogP contribution < -0.4 is 9.47 Å². The molecule has 0 aromatic heterocycles. The fourth-order valence-corrected chi connectivity index (χ4v) is 3.43. The number of rotatable bonds is 7. The van der Waals surface area contributed by atoms with Gasteiger partial charge in [-0.05, 0) is 82.1 Å². The molecule has 2 aromatic rings. The summed E-state index contributed by atoms with van der Waals surface area (Å²) in [6.07, 6.45) is 0. The maximum atomic E-state index is 11.6. The van der Waals surface area contributed by atoms with E-state index >= 15 is 0 Å². The lowest BCUT2D eigenvalue weighted by molar-refractivity contribution is -0.157. The van der Waals surface area contributed by atoms with Crippen LogP contribution in [-0.4, -0.2) is 41.0 Å². The first kappa shape index (κ1) is 28.4. The second-order valence-corrected chi connectivity index (χ2v) is 9.80. The average Bonchev–Trinajstić information content (AvgIpc) is 2.65. The molecule has 0 saturated heterocycles. The SMILES string of the molecule is CC(=O)Sc1ccc(OCC(=O)OC(C)(C)C)c(C)c1.Cc1cc(S)ccc1OCC(=O)O. The standard InChI is InChI=1S/C15H20O4S.C9H10O3S/c1-10-8-12(20-11(2)16)6-7-13(10)18-9-14(17)19-15(3,4)5;1-6-4-7(13)2-3-8(6)12-5-9(10)11/h6-8H,9H2,1-5H3;2-4,13H,5H2,1H3,(H,10,11). The predicted molar refractivity (Wildman–Crippen MR) is 131 cm³/mol. The highest BCUT2D eigenvalue weighted by atomic mass is 32.2. The van der Waals surface area contributed by atoms with E-state index in [2.05, 4.69) is 12.6 Å². The molecule has 9 heteroatoms. The van der Waals surface area contributed by atoms with Gasteiger partial charge in [0.15, 0.2) is 18.3 Å². The molecule has 0 aliphatic rings. The van der Waals surface area contributed by atoms with Crippen molar-refractivity contribution >= 4 is 41.4 Å². The van der Waals surface area contributed by atoms with E-state index in [0.717, 1.165) is 20.9 Å². The van der Waals surface area contributed by atoms with E-state index in [1.54, 1.807) is 24.3 Å². The Balaban J connectivity index is 0.000000361. The van der Waals surface area contributed by atoms with E-state index in [1.807, 2.05) is 46.8 Å². The molecule has 0 amide bonds. The maximum Gasteiger partial charge on any atom is 0.344 e. The molecule has 0 aliphatic carbocycles. The zero-order valence-electron chi connectivity index (χ0n) is 19.6. The largest absolute Gasteiger partial charge is 0.482 e. The number of aliphatic carboxylic acids is 1. The third-order valence-corrected chi connectivity index (χ3v) is 4.74. The van der Waals surface area contributed by atoms with Crippen LogP contribution in [0.4, 0.5) is 0 Å². The summed E-state index contributed by atoms with van der Waals surface area (Å²) in [5.41, 5.74) is 1.24. The summed E-state index contributed by atoms with van der Waals surface area (Å²) >= 11 is 5.31. The van der Waals surface area contributed by atoms with Gasteiger partial charge in [0.05, 0.1) is 0 Å². The summed E-state index contributed by atoms with van der Waals surface area (Å²) in [6, 6.07) is 10.7. The highest BCUT2D eigenvalue weighted by Gasteiger charge is 2.17. The molecule has 0 aliphatic heterocycles. The van der Waals surface area contributed by atoms with Crippen LogP contribution in [0.2, 0.25) is 0 Å². The molecule has 1 N–H and O–H groups in total. The number of ether oxygens (including phenoxy) is 3. The summed E-state index contributed by atoms with van der Waals surface area (Å²) in [6.45, 7) is 10.2. The monoisotopic (exact) mass is 494 g/mol. The second kappa shape index (κ2) is 13.2. The Labute approximate surface area is 204 Å². The number of hydrogen-bond acceptors (Lipinski definition) is 8. The number of benzene rings is 2. The van der Waals surface area contributed by atoms with Gasteiger partial charge >= 0.3 is 11.9 Å². The lowest BCUT2D eigenvalue weighted by Crippen LogP contribution is -2.27. The minimum absolute atomic E-state index is 0.0341. The number of carbonyl (C=O) groups is 3. The Kier molecular flexibility index (Phi) is 11.3. The third-order valence-electron chi connectivity index (χ3n) is 3.68. The van der Waals surface area contributed by atoms with Gasteiger partial charge in [-0.1, -0.05) is 11.8 Å². The summed E-state index contributed by atoms with van der Waals surface area (Å²) in [5, 5.41) is 8.41. The molecule has 0 spiro atoms. The molecule has 0 heterocycles. The Morgan fingerprint density at radius 2 is 1.48 bits per heavy atom. The number of esters is 1. The van der Waals surface area contributed by atoms with Crippen LogP contribution >= 0.6 is 24.4 Å². The van der Waals surface area contributed by atoms with Crippen molar-refractivity contribution in [2.24, 2.45) is 0 Å². The van der Waals surface area contributed by atoms with Crippen LogP contribution in [0, 0.1) is 13.8 Å². The van der Waals surface area contributed by atoms with Gasteiger partial charge in [-0.15, -0.1) is 12.6 Å². The number of hydrogen-bond donors (Lipinski definition) is 2. The minimum atomic E-state index is -0.977. The highest BCUT2D eigenvalue weighted by Crippen LogP contribution is 2.26. The van der Waals surface area contributed by atoms with Crippen LogP contribution in [0.1, 0.15) is 38.8 Å². The number of aryl methyl sites for hydroxylation is 2. The summed E-state index contributed by atoms with van der Waals surface area (Å²) in [4.78, 5) is 34.5. The number of thiol groups is 1. The molecular formula is C24H30O7S2. The van der Waals surface area contributed by atoms with Gasteiger partial charge in [0, 0.05) is 16.7 Å². The quantitative estimate of drug-likeness (QED) is 0.312. The lowest BCUT2D eigenvalue weighted by Gasteiger charge is -2.19. The van der Waals surface area contributed by atoms with Crippen molar-refractivity contribution in [3.8, 4) is 11.5 Å². The Hall–Kier alpha value is -2.65. The molecule has 0 radical (unpaired) electrons. The zero-order valence-corrected chi connectivity index (χ0v) is 21.3. The molecule has 7 nitrogen and oxygen atoms in total. The van der Waals surface area contributed by atoms with Gasteiger partial charge in [0.25, 0.3) is 0 Å². The first-order valence-corrected chi connectivity index (χ1v) is 11.3. The second-order valence-electron chi connectivity index (χ2n) is 8.03. The molecule has 2 aromatic carbocycles. The van der Waals surface area contributed by atoms with E-state index in [4.69, 9.17) is 19.3 Å². The van der Waals surface area contributed by atoms with Crippen molar-refractivity contribution in [3.05, 3.63) is 47.5 Å². The average molecular weight is 495 g/mol. The Bertz CT molecular complexity index is 981. The fourth-order valence-electron chi connectivity index (χ4n) is 2.46. The first-order chi connectivity index (χ1) is 15.3. The van der Waals surface area contributed by atoms with Crippen molar-refractivity contribution in [1.29, 1.82) is 0 Å². The zero-order chi connectivity index (χ0) is 25.2. The third kappa shape index (κ3) is 12.2. The fraction of sp³-hybridized carbons (Fsp3) is 0.375. The van der Waals surface area contributed by atoms with Crippen molar-refractivity contribution in [2.75, 3.05) is 13.2 Å². The molecular weight excluding hydrogens is 464 g/mol. The minimum Gasteiger partial charge on any atom is -0.482 e. The number of thioether (sulfide) groups is 1. The molecule has 2 rings (SSSR count). The first-order valence-electron chi connectivity index (χ1n) is 10.0. The lowest BCUT2D eigenvalue weighted by atomic mass is 10.2. The maximum absolute atomic E-state index is 11.6. The molecule has 0 atom stereocenters. The molecule has 0 saturated carbocycles. The smallest absolute Gasteiger partial charge is 0.344 e. The van der Waals surface area contributed by atoms with Gasteiger partial charge in [-0.25, -0.2) is 9.59 Å². The van der Waals surface area contributed by atoms with E-state index in [-0.39, 0.29) is 18.3 Å². The van der Waals surface area contributed by atoms with Crippen LogP contribution in [0.15, 0.2) is 46.2 Å². The number of carbonyl (C=O) groups excluding carboxylic acids is 2. The highest BCUT2D eigenvalue weighted by molar-refractivity contribution is 8.13. The van der Waals surface area contributed by atoms with Crippen molar-refractivity contribution in [3.63, 3.8) is 0 Å². The number of carboxylic acids is 1. The molecule has 33 heavy (non-hydrogen) atoms. The molecule has 0 unspecified atom stereocenters. The van der Waals surface area contributed by atoms with Gasteiger partial charge in [-0.2, -0.15) is 0 Å². The van der Waals surface area contributed by atoms with Crippen molar-refractivity contribution in [1.82, 2.24) is 0 Å². The predicted octanol–water partition coefficient (Wildman–Crippen LogP) is 5.10. The van der Waals surface area contributed by atoms with E-state index < -0.39 is 17.5 Å². The topological polar surface area (TPSA) is 99.1 Å². The van der Waals surface area contributed by atoms with Crippen LogP contribution in [0.3, 0.4) is 0 Å². The van der Waals surface area contributed by atoms with E-state index in [0.29, 0.717) is 11.5 Å². The summed E-state index contributed by atoms with van der Waals surface area (Å²) < 4.78 is 15.6. The van der Waals surface area contributed by atoms with Gasteiger partial charge in [-0.3, -0.25) is 4.79 Å². The van der Waals surface area contributed by atoms with E-state index in [9.17, 15) is 14.4 Å².